The number of hydrogen-bond acceptors (Lipinski definition) is 10. The first-order valence-corrected chi connectivity index (χ1v) is 20.8. The van der Waals surface area contributed by atoms with E-state index in [4.69, 9.17) is 25.8 Å². The lowest BCUT2D eigenvalue weighted by Crippen LogP contribution is -2.59. The maximum Gasteiger partial charge on any atom is 0.427 e. The second kappa shape index (κ2) is 15.8. The number of benzene rings is 1. The monoisotopic (exact) mass is 841 g/mol. The van der Waals surface area contributed by atoms with E-state index in [-0.39, 0.29) is 31.2 Å². The molecule has 4 amide bonds. The highest BCUT2D eigenvalue weighted by atomic mass is 35.5. The van der Waals surface area contributed by atoms with Crippen molar-refractivity contribution in [1.82, 2.24) is 25.2 Å². The van der Waals surface area contributed by atoms with Gasteiger partial charge in [-0.3, -0.25) is 19.1 Å². The first-order chi connectivity index (χ1) is 26.7. The number of allylic oxidation sites excluding steroid dienone is 1. The average Bonchev–Trinajstić information content (AvgIpc) is 4.05. The molecule has 0 bridgehead atoms. The van der Waals surface area contributed by atoms with Gasteiger partial charge in [0.05, 0.1) is 30.1 Å². The fraction of sp³-hybridized carbons (Fsp3) is 0.605. The Kier molecular flexibility index (Phi) is 11.7. The highest BCUT2D eigenvalue weighted by Gasteiger charge is 2.62. The van der Waals surface area contributed by atoms with Crippen LogP contribution in [0, 0.1) is 17.8 Å². The number of alkyl halides is 3. The Hall–Kier alpha value is -4.32. The zero-order valence-corrected chi connectivity index (χ0v) is 33.7. The van der Waals surface area contributed by atoms with Crippen molar-refractivity contribution in [1.29, 1.82) is 0 Å². The first-order valence-electron chi connectivity index (χ1n) is 18.9. The van der Waals surface area contributed by atoms with Gasteiger partial charge in [-0.1, -0.05) is 50.1 Å². The van der Waals surface area contributed by atoms with E-state index >= 15 is 0 Å². The molecule has 3 N–H and O–H groups in total. The summed E-state index contributed by atoms with van der Waals surface area (Å²) in [6.45, 7) is 4.73. The van der Waals surface area contributed by atoms with Gasteiger partial charge in [0.1, 0.15) is 29.5 Å². The molecule has 1 aromatic carbocycles. The number of amides is 4. The van der Waals surface area contributed by atoms with E-state index in [1.54, 1.807) is 31.2 Å². The number of ether oxygens (including phenoxy) is 3. The van der Waals surface area contributed by atoms with Crippen molar-refractivity contribution in [2.75, 3.05) is 13.7 Å². The average molecular weight is 842 g/mol. The maximum absolute atomic E-state index is 14.7. The predicted molar refractivity (Wildman–Crippen MR) is 202 cm³/mol. The van der Waals surface area contributed by atoms with E-state index in [0.29, 0.717) is 67.5 Å². The highest BCUT2D eigenvalue weighted by molar-refractivity contribution is 7.91. The van der Waals surface area contributed by atoms with Gasteiger partial charge in [-0.15, -0.1) is 0 Å². The number of pyridine rings is 1. The summed E-state index contributed by atoms with van der Waals surface area (Å²) in [6.07, 6.45) is 0.0451. The van der Waals surface area contributed by atoms with Crippen LogP contribution < -0.4 is 24.8 Å². The standard InChI is InChI=1S/C38H47ClF3N5O9S/c1-20-8-6-9-21(2)30(44-35(51)56-36(3,4)38(40,41)42)33(49)47-19-23(55-32-25-10-7-11-26(39)29(25)28(54-5)18-43-32)16-27(47)31(48)45-37(17-22(37)13-12-20)34(50)46-57(52,53)24-14-15-24/h7,10-13,18,20-24,27,30H,6,8-9,14-17,19H2,1-5H3,(H,44,51)(H,45,48)(H,46,50)/b13-12-/t20-,21-,22-,23-,27+,30+,37-/m1/s1. The predicted octanol–water partition coefficient (Wildman–Crippen LogP) is 5.18. The molecular formula is C38H47ClF3N5O9S. The number of sulfonamides is 1. The summed E-state index contributed by atoms with van der Waals surface area (Å²) in [7, 11) is -2.54. The molecule has 3 heterocycles. The zero-order valence-electron chi connectivity index (χ0n) is 32.2. The lowest BCUT2D eigenvalue weighted by molar-refractivity contribution is -0.244. The summed E-state index contributed by atoms with van der Waals surface area (Å²) >= 11 is 6.50. The van der Waals surface area contributed by atoms with Crippen molar-refractivity contribution in [2.45, 2.75) is 113 Å². The van der Waals surface area contributed by atoms with Crippen LogP contribution in [0.25, 0.3) is 10.8 Å². The third kappa shape index (κ3) is 8.91. The van der Waals surface area contributed by atoms with Gasteiger partial charge in [0.25, 0.3) is 5.91 Å². The number of nitrogens with one attached hydrogen (secondary N) is 3. The third-order valence-electron chi connectivity index (χ3n) is 11.2. The highest BCUT2D eigenvalue weighted by Crippen LogP contribution is 2.46. The zero-order chi connectivity index (χ0) is 41.7. The number of nitrogens with zero attached hydrogens (tertiary/aromatic N) is 2. The van der Waals surface area contributed by atoms with Crippen LogP contribution in [0.3, 0.4) is 0 Å². The first kappa shape index (κ1) is 42.3. The minimum atomic E-state index is -4.92. The normalized spacial score (nSPS) is 29.2. The quantitative estimate of drug-likeness (QED) is 0.300. The van der Waals surface area contributed by atoms with Gasteiger partial charge in [-0.05, 0) is 69.9 Å². The largest absolute Gasteiger partial charge is 0.494 e. The van der Waals surface area contributed by atoms with Gasteiger partial charge in [0, 0.05) is 23.1 Å². The van der Waals surface area contributed by atoms with Crippen LogP contribution in [0.5, 0.6) is 11.6 Å². The van der Waals surface area contributed by atoms with Gasteiger partial charge in [-0.2, -0.15) is 13.2 Å². The number of fused-ring (bicyclic) bond motifs is 3. The lowest BCUT2D eigenvalue weighted by Gasteiger charge is -2.33. The Morgan fingerprint density at radius 2 is 1.81 bits per heavy atom. The molecule has 4 aliphatic rings. The van der Waals surface area contributed by atoms with Crippen LogP contribution in [0.1, 0.15) is 72.6 Å². The van der Waals surface area contributed by atoms with Crippen LogP contribution in [-0.2, 0) is 29.1 Å². The van der Waals surface area contributed by atoms with E-state index in [2.05, 4.69) is 20.3 Å². The van der Waals surface area contributed by atoms with Crippen LogP contribution >= 0.6 is 11.6 Å². The lowest BCUT2D eigenvalue weighted by atomic mass is 9.92. The van der Waals surface area contributed by atoms with Crippen molar-refractivity contribution >= 4 is 56.2 Å². The summed E-state index contributed by atoms with van der Waals surface area (Å²) in [5.74, 6) is -3.24. The Labute approximate surface area is 333 Å². The second-order valence-corrected chi connectivity index (χ2v) is 18.4. The minimum Gasteiger partial charge on any atom is -0.494 e. The number of alkyl carbamates (subject to hydrolysis) is 1. The number of rotatable bonds is 8. The van der Waals surface area contributed by atoms with E-state index < -0.39 is 86.4 Å². The number of hydrogen-bond donors (Lipinski definition) is 3. The van der Waals surface area contributed by atoms with E-state index in [0.717, 1.165) is 4.90 Å². The van der Waals surface area contributed by atoms with Crippen molar-refractivity contribution in [3.05, 3.63) is 41.6 Å². The number of aromatic nitrogens is 1. The summed E-state index contributed by atoms with van der Waals surface area (Å²) < 4.78 is 85.6. The molecule has 2 aromatic rings. The Morgan fingerprint density at radius 3 is 2.47 bits per heavy atom. The van der Waals surface area contributed by atoms with Crippen LogP contribution in [-0.4, -0.2) is 96.5 Å². The maximum atomic E-state index is 14.7. The minimum absolute atomic E-state index is 0.0344. The molecule has 7 atom stereocenters. The van der Waals surface area contributed by atoms with Crippen molar-refractivity contribution in [2.24, 2.45) is 17.8 Å². The molecule has 312 valence electrons. The number of halogens is 4. The molecular weight excluding hydrogens is 795 g/mol. The Bertz CT molecular complexity index is 2060. The fourth-order valence-electron chi connectivity index (χ4n) is 7.37. The summed E-state index contributed by atoms with van der Waals surface area (Å²) in [5, 5.41) is 5.75. The van der Waals surface area contributed by atoms with E-state index in [9.17, 15) is 40.8 Å². The van der Waals surface area contributed by atoms with Crippen molar-refractivity contribution in [3.63, 3.8) is 0 Å². The molecule has 19 heteroatoms. The second-order valence-electron chi connectivity index (χ2n) is 16.0. The number of carbonyl (C=O) groups is 4. The van der Waals surface area contributed by atoms with Gasteiger partial charge >= 0.3 is 12.3 Å². The molecule has 2 saturated carbocycles. The molecule has 1 aromatic heterocycles. The van der Waals surface area contributed by atoms with Crippen molar-refractivity contribution in [3.8, 4) is 11.6 Å². The van der Waals surface area contributed by atoms with Crippen LogP contribution in [0.15, 0.2) is 36.5 Å². The van der Waals surface area contributed by atoms with E-state index in [1.165, 1.54) is 13.3 Å². The van der Waals surface area contributed by atoms with Gasteiger partial charge in [-0.25, -0.2) is 18.2 Å². The number of carbonyl (C=O) groups excluding carboxylic acids is 4. The Morgan fingerprint density at radius 1 is 1.09 bits per heavy atom. The summed E-state index contributed by atoms with van der Waals surface area (Å²) in [6, 6.07) is 2.26. The van der Waals surface area contributed by atoms with E-state index in [1.807, 2.05) is 13.0 Å². The molecule has 6 rings (SSSR count). The van der Waals surface area contributed by atoms with Crippen molar-refractivity contribution < 1.29 is 55.0 Å². The Balaban J connectivity index is 1.36. The summed E-state index contributed by atoms with van der Waals surface area (Å²) in [4.78, 5) is 61.6. The molecule has 14 nitrogen and oxygen atoms in total. The SMILES string of the molecule is COc1cnc(O[C@@H]2C[C@H]3C(=O)N[C@]4(C(=O)NS(=O)(=O)C5CC5)C[C@H]4/C=C\[C@H](C)CCC[C@@H](C)[C@H](NC(=O)OC(C)(C)C(F)(F)F)C(=O)N3C2)c2cccc(Cl)c12. The fourth-order valence-corrected chi connectivity index (χ4v) is 9.00. The molecule has 0 unspecified atom stereocenters. The van der Waals surface area contributed by atoms with Gasteiger partial charge < -0.3 is 29.7 Å². The molecule has 3 fully saturated rings. The molecule has 0 radical (unpaired) electrons. The molecule has 1 saturated heterocycles. The van der Waals surface area contributed by atoms with Crippen LogP contribution in [0.2, 0.25) is 5.02 Å². The molecule has 57 heavy (non-hydrogen) atoms. The van der Waals surface area contributed by atoms with Gasteiger partial charge in [0.15, 0.2) is 0 Å². The molecule has 0 spiro atoms. The smallest absolute Gasteiger partial charge is 0.427 e. The number of methoxy groups -OCH3 is 1. The molecule has 2 aliphatic carbocycles. The topological polar surface area (TPSA) is 182 Å². The van der Waals surface area contributed by atoms with Crippen LogP contribution in [0.4, 0.5) is 18.0 Å². The van der Waals surface area contributed by atoms with Gasteiger partial charge in [0.2, 0.25) is 33.3 Å². The molecule has 2 aliphatic heterocycles. The third-order valence-corrected chi connectivity index (χ3v) is 13.4. The summed E-state index contributed by atoms with van der Waals surface area (Å²) in [5.41, 5.74) is -4.54.